The van der Waals surface area contributed by atoms with Gasteiger partial charge in [-0.25, -0.2) is 0 Å². The molecule has 94 valence electrons. The van der Waals surface area contributed by atoms with Crippen molar-refractivity contribution in [2.75, 3.05) is 11.4 Å². The molecule has 1 heterocycles. The Hall–Kier alpha value is -1.49. The van der Waals surface area contributed by atoms with Crippen LogP contribution in [0.15, 0.2) is 18.2 Å². The van der Waals surface area contributed by atoms with E-state index in [1.807, 2.05) is 0 Å². The summed E-state index contributed by atoms with van der Waals surface area (Å²) >= 11 is 0. The third-order valence-corrected chi connectivity index (χ3v) is 4.44. The lowest BCUT2D eigenvalue weighted by molar-refractivity contribution is 0.512. The first-order valence-corrected chi connectivity index (χ1v) is 7.05. The average molecular weight is 240 g/mol. The van der Waals surface area contributed by atoms with E-state index in [-0.39, 0.29) is 5.92 Å². The number of fused-ring (bicyclic) bond motifs is 1. The van der Waals surface area contributed by atoms with E-state index in [1.165, 1.54) is 42.5 Å². The van der Waals surface area contributed by atoms with Gasteiger partial charge in [0.15, 0.2) is 0 Å². The fraction of sp³-hybridized carbons (Fsp3) is 0.562. The highest BCUT2D eigenvalue weighted by Crippen LogP contribution is 2.37. The number of benzene rings is 1. The number of rotatable bonds is 1. The van der Waals surface area contributed by atoms with Crippen molar-refractivity contribution in [1.29, 1.82) is 5.26 Å². The molecule has 2 nitrogen and oxygen atoms in total. The van der Waals surface area contributed by atoms with Crippen LogP contribution < -0.4 is 4.90 Å². The largest absolute Gasteiger partial charge is 0.367 e. The lowest BCUT2D eigenvalue weighted by Gasteiger charge is -2.37. The SMILES string of the molecule is Cc1ccc2c(c1)CCCN2C1CCCC1C#N. The molecule has 1 aliphatic heterocycles. The van der Waals surface area contributed by atoms with E-state index < -0.39 is 0 Å². The van der Waals surface area contributed by atoms with Gasteiger partial charge >= 0.3 is 0 Å². The molecular weight excluding hydrogens is 220 g/mol. The Labute approximate surface area is 109 Å². The second kappa shape index (κ2) is 4.65. The van der Waals surface area contributed by atoms with Gasteiger partial charge in [-0.15, -0.1) is 0 Å². The van der Waals surface area contributed by atoms with E-state index in [1.54, 1.807) is 0 Å². The standard InChI is InChI=1S/C16H20N2/c1-12-7-8-16-13(10-12)5-3-9-18(16)15-6-2-4-14(15)11-17/h7-8,10,14-15H,2-6,9H2,1H3. The molecule has 2 unspecified atom stereocenters. The average Bonchev–Trinajstić information content (AvgIpc) is 2.85. The van der Waals surface area contributed by atoms with E-state index >= 15 is 0 Å². The molecule has 1 aliphatic carbocycles. The second-order valence-corrected chi connectivity index (χ2v) is 5.66. The minimum absolute atomic E-state index is 0.234. The molecule has 2 aliphatic rings. The maximum Gasteiger partial charge on any atom is 0.0677 e. The molecule has 0 radical (unpaired) electrons. The number of nitrogens with zero attached hydrogens (tertiary/aromatic N) is 2. The van der Waals surface area contributed by atoms with Crippen molar-refractivity contribution in [2.24, 2.45) is 5.92 Å². The predicted molar refractivity (Wildman–Crippen MR) is 73.6 cm³/mol. The van der Waals surface area contributed by atoms with Gasteiger partial charge in [0.2, 0.25) is 0 Å². The van der Waals surface area contributed by atoms with Crippen LogP contribution in [0.2, 0.25) is 0 Å². The summed E-state index contributed by atoms with van der Waals surface area (Å²) in [5, 5.41) is 9.28. The van der Waals surface area contributed by atoms with Crippen LogP contribution >= 0.6 is 0 Å². The molecule has 0 spiro atoms. The van der Waals surface area contributed by atoms with Crippen LogP contribution in [0.25, 0.3) is 0 Å². The zero-order valence-electron chi connectivity index (χ0n) is 11.0. The Balaban J connectivity index is 1.94. The smallest absolute Gasteiger partial charge is 0.0677 e. The number of aryl methyl sites for hydroxylation is 2. The Morgan fingerprint density at radius 1 is 1.28 bits per heavy atom. The van der Waals surface area contributed by atoms with Crippen molar-refractivity contribution in [3.05, 3.63) is 29.3 Å². The lowest BCUT2D eigenvalue weighted by atomic mass is 9.95. The number of hydrogen-bond acceptors (Lipinski definition) is 2. The molecule has 0 amide bonds. The summed E-state index contributed by atoms with van der Waals surface area (Å²) in [4.78, 5) is 2.51. The van der Waals surface area contributed by atoms with Crippen LogP contribution in [0.5, 0.6) is 0 Å². The molecule has 1 saturated carbocycles. The Morgan fingerprint density at radius 2 is 2.17 bits per heavy atom. The number of anilines is 1. The van der Waals surface area contributed by atoms with Gasteiger partial charge in [-0.2, -0.15) is 5.26 Å². The summed E-state index contributed by atoms with van der Waals surface area (Å²) in [5.41, 5.74) is 4.21. The van der Waals surface area contributed by atoms with Crippen LogP contribution in [0.1, 0.15) is 36.8 Å². The van der Waals surface area contributed by atoms with Crippen molar-refractivity contribution in [1.82, 2.24) is 0 Å². The quantitative estimate of drug-likeness (QED) is 0.752. The van der Waals surface area contributed by atoms with Crippen LogP contribution in [-0.2, 0) is 6.42 Å². The minimum Gasteiger partial charge on any atom is -0.367 e. The molecule has 1 aromatic rings. The van der Waals surface area contributed by atoms with Gasteiger partial charge in [-0.3, -0.25) is 0 Å². The van der Waals surface area contributed by atoms with Crippen LogP contribution in [0, 0.1) is 24.2 Å². The van der Waals surface area contributed by atoms with Gasteiger partial charge < -0.3 is 4.90 Å². The van der Waals surface area contributed by atoms with Crippen molar-refractivity contribution >= 4 is 5.69 Å². The molecule has 0 bridgehead atoms. The predicted octanol–water partition coefficient (Wildman–Crippen LogP) is 3.44. The van der Waals surface area contributed by atoms with Crippen molar-refractivity contribution in [3.63, 3.8) is 0 Å². The van der Waals surface area contributed by atoms with Crippen molar-refractivity contribution in [2.45, 2.75) is 45.1 Å². The molecule has 0 N–H and O–H groups in total. The molecule has 1 fully saturated rings. The fourth-order valence-electron chi connectivity index (χ4n) is 3.56. The molecule has 2 heteroatoms. The van der Waals surface area contributed by atoms with Crippen molar-refractivity contribution < 1.29 is 0 Å². The maximum absolute atomic E-state index is 9.28. The lowest BCUT2D eigenvalue weighted by Crippen LogP contribution is -2.40. The van der Waals surface area contributed by atoms with Crippen LogP contribution in [-0.4, -0.2) is 12.6 Å². The Kier molecular flexibility index (Phi) is 2.99. The molecule has 0 aromatic heterocycles. The highest BCUT2D eigenvalue weighted by molar-refractivity contribution is 5.57. The minimum atomic E-state index is 0.234. The van der Waals surface area contributed by atoms with E-state index in [4.69, 9.17) is 0 Å². The molecule has 18 heavy (non-hydrogen) atoms. The van der Waals surface area contributed by atoms with E-state index in [2.05, 4.69) is 36.1 Å². The molecule has 1 aromatic carbocycles. The van der Waals surface area contributed by atoms with Gasteiger partial charge in [-0.05, 0) is 50.7 Å². The first-order chi connectivity index (χ1) is 8.79. The second-order valence-electron chi connectivity index (χ2n) is 5.66. The van der Waals surface area contributed by atoms with Crippen molar-refractivity contribution in [3.8, 4) is 6.07 Å². The summed E-state index contributed by atoms with van der Waals surface area (Å²) in [6.45, 7) is 3.28. The number of nitriles is 1. The maximum atomic E-state index is 9.28. The zero-order chi connectivity index (χ0) is 12.5. The van der Waals surface area contributed by atoms with Gasteiger partial charge in [0.1, 0.15) is 0 Å². The summed E-state index contributed by atoms with van der Waals surface area (Å²) in [7, 11) is 0. The first-order valence-electron chi connectivity index (χ1n) is 7.05. The highest BCUT2D eigenvalue weighted by atomic mass is 15.2. The Bertz CT molecular complexity index is 486. The van der Waals surface area contributed by atoms with E-state index in [9.17, 15) is 5.26 Å². The van der Waals surface area contributed by atoms with E-state index in [0.717, 1.165) is 13.0 Å². The van der Waals surface area contributed by atoms with Crippen LogP contribution in [0.3, 0.4) is 0 Å². The van der Waals surface area contributed by atoms with Gasteiger partial charge in [0.25, 0.3) is 0 Å². The van der Waals surface area contributed by atoms with Gasteiger partial charge in [-0.1, -0.05) is 17.7 Å². The molecular formula is C16H20N2. The molecule has 2 atom stereocenters. The fourth-order valence-corrected chi connectivity index (χ4v) is 3.56. The monoisotopic (exact) mass is 240 g/mol. The molecule has 0 saturated heterocycles. The van der Waals surface area contributed by atoms with Crippen LogP contribution in [0.4, 0.5) is 5.69 Å². The summed E-state index contributed by atoms with van der Waals surface area (Å²) in [6, 6.07) is 9.75. The van der Waals surface area contributed by atoms with Gasteiger partial charge in [0.05, 0.1) is 12.0 Å². The summed E-state index contributed by atoms with van der Waals surface area (Å²) in [5.74, 6) is 0.234. The number of hydrogen-bond donors (Lipinski definition) is 0. The Morgan fingerprint density at radius 3 is 3.00 bits per heavy atom. The summed E-state index contributed by atoms with van der Waals surface area (Å²) in [6.07, 6.45) is 5.90. The normalized spacial score (nSPS) is 26.8. The van der Waals surface area contributed by atoms with E-state index in [0.29, 0.717) is 6.04 Å². The topological polar surface area (TPSA) is 27.0 Å². The summed E-state index contributed by atoms with van der Waals surface area (Å²) < 4.78 is 0. The molecule has 3 rings (SSSR count). The third kappa shape index (κ3) is 1.88. The third-order valence-electron chi connectivity index (χ3n) is 4.44. The first kappa shape index (κ1) is 11.6. The van der Waals surface area contributed by atoms with Gasteiger partial charge in [0, 0.05) is 18.3 Å². The zero-order valence-corrected chi connectivity index (χ0v) is 11.0. The highest BCUT2D eigenvalue weighted by Gasteiger charge is 2.34.